The molecule has 1 saturated heterocycles. The Hall–Kier alpha value is -1.43. The number of likely N-dealkylation sites (tertiary alicyclic amines) is 1. The van der Waals surface area contributed by atoms with E-state index >= 15 is 0 Å². The van der Waals surface area contributed by atoms with Gasteiger partial charge in [0.05, 0.1) is 10.5 Å². The molecule has 120 valence electrons. The van der Waals surface area contributed by atoms with Gasteiger partial charge in [0.15, 0.2) is 5.78 Å². The number of amides is 1. The fraction of sp³-hybridized carbons (Fsp3) is 0.500. The first-order valence-corrected chi connectivity index (χ1v) is 7.93. The lowest BCUT2D eigenvalue weighted by atomic mass is 10.0. The number of ether oxygens (including phenoxy) is 1. The maximum atomic E-state index is 14.1. The first-order chi connectivity index (χ1) is 10.2. The van der Waals surface area contributed by atoms with E-state index in [0.717, 1.165) is 0 Å². The molecule has 1 amide bonds. The van der Waals surface area contributed by atoms with Crippen LogP contribution in [0.5, 0.6) is 0 Å². The molecule has 0 unspecified atom stereocenters. The van der Waals surface area contributed by atoms with Gasteiger partial charge in [-0.2, -0.15) is 0 Å². The second-order valence-corrected chi connectivity index (χ2v) is 7.18. The fourth-order valence-electron chi connectivity index (χ4n) is 2.40. The third-order valence-electron chi connectivity index (χ3n) is 3.42. The van der Waals surface area contributed by atoms with E-state index in [9.17, 15) is 14.0 Å². The van der Waals surface area contributed by atoms with Crippen molar-refractivity contribution in [1.82, 2.24) is 4.90 Å². The Balaban J connectivity index is 2.18. The molecule has 1 aliphatic heterocycles. The third kappa shape index (κ3) is 3.85. The monoisotopic (exact) mass is 371 g/mol. The molecule has 0 radical (unpaired) electrons. The molecule has 22 heavy (non-hydrogen) atoms. The Kier molecular flexibility index (Phi) is 4.90. The SMILES string of the molecule is CC(C)(C)OC(=O)N1CCC(=O)[C@@H]1Cc1cccc(Br)c1F. The van der Waals surface area contributed by atoms with Crippen LogP contribution in [0.15, 0.2) is 22.7 Å². The Morgan fingerprint density at radius 2 is 2.14 bits per heavy atom. The van der Waals surface area contributed by atoms with Crippen LogP contribution in [0, 0.1) is 5.82 Å². The highest BCUT2D eigenvalue weighted by molar-refractivity contribution is 9.10. The molecule has 0 bridgehead atoms. The third-order valence-corrected chi connectivity index (χ3v) is 4.03. The summed E-state index contributed by atoms with van der Waals surface area (Å²) >= 11 is 3.13. The van der Waals surface area contributed by atoms with Crippen molar-refractivity contribution in [2.75, 3.05) is 6.54 Å². The lowest BCUT2D eigenvalue weighted by molar-refractivity contribution is -0.120. The summed E-state index contributed by atoms with van der Waals surface area (Å²) in [6, 6.07) is 4.26. The van der Waals surface area contributed by atoms with Crippen molar-refractivity contribution < 1.29 is 18.7 Å². The first-order valence-electron chi connectivity index (χ1n) is 7.14. The number of carbonyl (C=O) groups is 2. The zero-order valence-electron chi connectivity index (χ0n) is 12.9. The van der Waals surface area contributed by atoms with E-state index in [1.807, 2.05) is 0 Å². The van der Waals surface area contributed by atoms with Gasteiger partial charge >= 0.3 is 6.09 Å². The predicted octanol–water partition coefficient (Wildman–Crippen LogP) is 3.71. The van der Waals surface area contributed by atoms with E-state index in [-0.39, 0.29) is 18.6 Å². The molecule has 1 fully saturated rings. The minimum atomic E-state index is -0.668. The highest BCUT2D eigenvalue weighted by Gasteiger charge is 2.38. The highest BCUT2D eigenvalue weighted by Crippen LogP contribution is 2.25. The molecule has 1 heterocycles. The number of halogens is 2. The Bertz CT molecular complexity index is 598. The van der Waals surface area contributed by atoms with Crippen molar-refractivity contribution in [1.29, 1.82) is 0 Å². The molecule has 0 aromatic heterocycles. The molecule has 1 aliphatic rings. The standard InChI is InChI=1S/C16H19BrFNO3/c1-16(2,3)22-15(21)19-8-7-13(20)12(19)9-10-5-4-6-11(17)14(10)18/h4-6,12H,7-9H2,1-3H3/t12-/m0/s1. The molecule has 4 nitrogen and oxygen atoms in total. The van der Waals surface area contributed by atoms with E-state index in [4.69, 9.17) is 4.74 Å². The van der Waals surface area contributed by atoms with E-state index in [2.05, 4.69) is 15.9 Å². The largest absolute Gasteiger partial charge is 0.444 e. The second kappa shape index (κ2) is 6.36. The normalized spacial score (nSPS) is 18.7. The number of benzene rings is 1. The van der Waals surface area contributed by atoms with Gasteiger partial charge in [0.1, 0.15) is 11.4 Å². The van der Waals surface area contributed by atoms with Crippen molar-refractivity contribution in [3.05, 3.63) is 34.1 Å². The minimum Gasteiger partial charge on any atom is -0.444 e. The van der Waals surface area contributed by atoms with Crippen LogP contribution in [0.1, 0.15) is 32.8 Å². The average Bonchev–Trinajstić information content (AvgIpc) is 2.75. The van der Waals surface area contributed by atoms with E-state index in [0.29, 0.717) is 16.6 Å². The number of hydrogen-bond donors (Lipinski definition) is 0. The molecule has 2 rings (SSSR count). The van der Waals surface area contributed by atoms with Crippen molar-refractivity contribution >= 4 is 27.8 Å². The Morgan fingerprint density at radius 1 is 1.45 bits per heavy atom. The van der Waals surface area contributed by atoms with Gasteiger partial charge in [-0.05, 0) is 48.3 Å². The Labute approximate surface area is 137 Å². The second-order valence-electron chi connectivity index (χ2n) is 6.32. The minimum absolute atomic E-state index is 0.0646. The van der Waals surface area contributed by atoms with Crippen molar-refractivity contribution in [3.8, 4) is 0 Å². The van der Waals surface area contributed by atoms with Gasteiger partial charge in [0.25, 0.3) is 0 Å². The van der Waals surface area contributed by atoms with E-state index < -0.39 is 23.6 Å². The lowest BCUT2D eigenvalue weighted by Crippen LogP contribution is -2.42. The summed E-state index contributed by atoms with van der Waals surface area (Å²) in [5.74, 6) is -0.462. The van der Waals surface area contributed by atoms with Crippen LogP contribution in [0.3, 0.4) is 0 Å². The summed E-state index contributed by atoms with van der Waals surface area (Å²) in [6.07, 6.45) is -0.0955. The van der Waals surface area contributed by atoms with Crippen molar-refractivity contribution in [2.45, 2.75) is 45.3 Å². The molecule has 0 aliphatic carbocycles. The summed E-state index contributed by atoms with van der Waals surface area (Å²) in [7, 11) is 0. The van der Waals surface area contributed by atoms with E-state index in [1.54, 1.807) is 39.0 Å². The molecule has 1 aromatic rings. The zero-order valence-corrected chi connectivity index (χ0v) is 14.4. The first kappa shape index (κ1) is 16.9. The van der Waals surface area contributed by atoms with Gasteiger partial charge in [0.2, 0.25) is 0 Å². The van der Waals surface area contributed by atoms with Gasteiger partial charge in [-0.3, -0.25) is 9.69 Å². The van der Waals surface area contributed by atoms with Gasteiger partial charge in [0, 0.05) is 19.4 Å². The van der Waals surface area contributed by atoms with Gasteiger partial charge in [-0.15, -0.1) is 0 Å². The number of carbonyl (C=O) groups excluding carboxylic acids is 2. The molecule has 0 N–H and O–H groups in total. The van der Waals surface area contributed by atoms with Gasteiger partial charge in [-0.25, -0.2) is 9.18 Å². The zero-order chi connectivity index (χ0) is 16.5. The van der Waals surface area contributed by atoms with Crippen LogP contribution in [0.4, 0.5) is 9.18 Å². The average molecular weight is 372 g/mol. The number of Topliss-reactive ketones (excluding diaryl/α,β-unsaturated/α-hetero) is 1. The van der Waals surface area contributed by atoms with Crippen LogP contribution in [0.25, 0.3) is 0 Å². The quantitative estimate of drug-likeness (QED) is 0.795. The molecule has 6 heteroatoms. The number of ketones is 1. The predicted molar refractivity (Wildman–Crippen MR) is 84.2 cm³/mol. The smallest absolute Gasteiger partial charge is 0.410 e. The van der Waals surface area contributed by atoms with Crippen LogP contribution < -0.4 is 0 Å². The number of hydrogen-bond acceptors (Lipinski definition) is 3. The molecule has 1 atom stereocenters. The van der Waals surface area contributed by atoms with Crippen LogP contribution in [0.2, 0.25) is 0 Å². The van der Waals surface area contributed by atoms with Crippen LogP contribution >= 0.6 is 15.9 Å². The van der Waals surface area contributed by atoms with Gasteiger partial charge in [-0.1, -0.05) is 12.1 Å². The Morgan fingerprint density at radius 3 is 2.77 bits per heavy atom. The maximum absolute atomic E-state index is 14.1. The molecule has 1 aromatic carbocycles. The number of rotatable bonds is 2. The van der Waals surface area contributed by atoms with E-state index in [1.165, 1.54) is 4.90 Å². The number of nitrogens with zero attached hydrogens (tertiary/aromatic N) is 1. The summed E-state index contributed by atoms with van der Waals surface area (Å²) in [4.78, 5) is 25.7. The van der Waals surface area contributed by atoms with Crippen molar-refractivity contribution in [3.63, 3.8) is 0 Å². The molecule has 0 spiro atoms. The van der Waals surface area contributed by atoms with Gasteiger partial charge < -0.3 is 4.74 Å². The summed E-state index contributed by atoms with van der Waals surface area (Å²) in [6.45, 7) is 5.62. The summed E-state index contributed by atoms with van der Waals surface area (Å²) in [5.41, 5.74) is -0.225. The molecular weight excluding hydrogens is 353 g/mol. The van der Waals surface area contributed by atoms with Crippen molar-refractivity contribution in [2.24, 2.45) is 0 Å². The highest BCUT2D eigenvalue weighted by atomic mass is 79.9. The van der Waals surface area contributed by atoms with Crippen LogP contribution in [-0.2, 0) is 16.0 Å². The fourth-order valence-corrected chi connectivity index (χ4v) is 2.81. The summed E-state index contributed by atoms with van der Waals surface area (Å²) < 4.78 is 19.8. The van der Waals surface area contributed by atoms with Crippen LogP contribution in [-0.4, -0.2) is 35.0 Å². The molecule has 0 saturated carbocycles. The molecular formula is C16H19BrFNO3. The maximum Gasteiger partial charge on any atom is 0.410 e. The lowest BCUT2D eigenvalue weighted by Gasteiger charge is -2.28. The topological polar surface area (TPSA) is 46.6 Å². The summed E-state index contributed by atoms with van der Waals surface area (Å²) in [5, 5.41) is 0.